The van der Waals surface area contributed by atoms with Crippen molar-refractivity contribution in [1.82, 2.24) is 9.88 Å². The number of anilines is 1. The number of carbonyl (C=O) groups excluding carboxylic acids is 2. The fraction of sp³-hybridized carbons (Fsp3) is 0.385. The largest absolute Gasteiger partial charge is 0.355 e. The molecule has 31 heavy (non-hydrogen) atoms. The quantitative estimate of drug-likeness (QED) is 0.680. The Balaban J connectivity index is 1.87. The van der Waals surface area contributed by atoms with Crippen molar-refractivity contribution in [3.63, 3.8) is 0 Å². The van der Waals surface area contributed by atoms with Crippen LogP contribution in [0.1, 0.15) is 50.9 Å². The van der Waals surface area contributed by atoms with Crippen LogP contribution in [0.15, 0.2) is 48.5 Å². The minimum absolute atomic E-state index is 0.0108. The van der Waals surface area contributed by atoms with Crippen LogP contribution in [0.3, 0.4) is 0 Å². The number of nitrogens with zero attached hydrogens (tertiary/aromatic N) is 2. The van der Waals surface area contributed by atoms with Gasteiger partial charge in [-0.1, -0.05) is 50.2 Å². The lowest BCUT2D eigenvalue weighted by molar-refractivity contribution is -0.148. The molecule has 2 atom stereocenters. The van der Waals surface area contributed by atoms with Crippen molar-refractivity contribution in [3.05, 3.63) is 65.4 Å². The molecule has 3 heterocycles. The number of amides is 2. The second-order valence-electron chi connectivity index (χ2n) is 9.07. The van der Waals surface area contributed by atoms with E-state index in [1.165, 1.54) is 0 Å². The summed E-state index contributed by atoms with van der Waals surface area (Å²) in [7, 11) is 0. The Morgan fingerprint density at radius 1 is 1.10 bits per heavy atom. The van der Waals surface area contributed by atoms with Gasteiger partial charge in [0.05, 0.1) is 11.4 Å². The van der Waals surface area contributed by atoms with E-state index >= 15 is 0 Å². The SMILES string of the molecule is CC[C@H](C)C(=O)N1CCc2c([nH]c3ccccc23)[C@@]12C(=O)N(C(C)C)c1ccccc12. The summed E-state index contributed by atoms with van der Waals surface area (Å²) in [6.45, 7) is 8.58. The molecular formula is C26H29N3O2. The first-order chi connectivity index (χ1) is 14.9. The van der Waals surface area contributed by atoms with Crippen LogP contribution >= 0.6 is 0 Å². The van der Waals surface area contributed by atoms with Gasteiger partial charge in [0.15, 0.2) is 5.54 Å². The van der Waals surface area contributed by atoms with E-state index in [-0.39, 0.29) is 23.8 Å². The van der Waals surface area contributed by atoms with Crippen LogP contribution in [0.2, 0.25) is 0 Å². The van der Waals surface area contributed by atoms with E-state index in [4.69, 9.17) is 0 Å². The molecule has 5 heteroatoms. The minimum atomic E-state index is -1.14. The maximum atomic E-state index is 14.4. The molecule has 0 radical (unpaired) electrons. The first kappa shape index (κ1) is 19.9. The highest BCUT2D eigenvalue weighted by Gasteiger charge is 2.61. The van der Waals surface area contributed by atoms with Gasteiger partial charge in [-0.05, 0) is 44.4 Å². The third kappa shape index (κ3) is 2.49. The van der Waals surface area contributed by atoms with E-state index in [1.807, 2.05) is 80.0 Å². The molecule has 3 aromatic rings. The predicted molar refractivity (Wildman–Crippen MR) is 123 cm³/mol. The maximum absolute atomic E-state index is 14.4. The third-order valence-electron chi connectivity index (χ3n) is 7.06. The van der Waals surface area contributed by atoms with Crippen molar-refractivity contribution in [3.8, 4) is 0 Å². The highest BCUT2D eigenvalue weighted by molar-refractivity contribution is 6.13. The molecule has 5 nitrogen and oxygen atoms in total. The fourth-order valence-corrected chi connectivity index (χ4v) is 5.41. The number of carbonyl (C=O) groups is 2. The van der Waals surface area contributed by atoms with E-state index in [9.17, 15) is 9.59 Å². The molecule has 2 aromatic carbocycles. The summed E-state index contributed by atoms with van der Waals surface area (Å²) in [5, 5.41) is 1.14. The van der Waals surface area contributed by atoms with Gasteiger partial charge in [-0.25, -0.2) is 0 Å². The van der Waals surface area contributed by atoms with Gasteiger partial charge in [-0.3, -0.25) is 9.59 Å². The highest BCUT2D eigenvalue weighted by Crippen LogP contribution is 2.52. The number of aromatic nitrogens is 1. The highest BCUT2D eigenvalue weighted by atomic mass is 16.2. The Bertz CT molecular complexity index is 1190. The Labute approximate surface area is 183 Å². The van der Waals surface area contributed by atoms with Crippen LogP contribution in [0.4, 0.5) is 5.69 Å². The van der Waals surface area contributed by atoms with E-state index in [1.54, 1.807) is 0 Å². The lowest BCUT2D eigenvalue weighted by atomic mass is 9.79. The van der Waals surface area contributed by atoms with E-state index in [0.29, 0.717) is 6.54 Å². The Hall–Kier alpha value is -3.08. The summed E-state index contributed by atoms with van der Waals surface area (Å²) in [5.41, 5.74) is 3.68. The monoisotopic (exact) mass is 415 g/mol. The molecule has 2 aliphatic heterocycles. The summed E-state index contributed by atoms with van der Waals surface area (Å²) >= 11 is 0. The number of benzene rings is 2. The van der Waals surface area contributed by atoms with Crippen LogP contribution in [-0.2, 0) is 21.5 Å². The van der Waals surface area contributed by atoms with Crippen molar-refractivity contribution in [2.45, 2.75) is 52.1 Å². The second-order valence-corrected chi connectivity index (χ2v) is 9.07. The van der Waals surface area contributed by atoms with Crippen LogP contribution < -0.4 is 4.90 Å². The van der Waals surface area contributed by atoms with Crippen molar-refractivity contribution in [2.24, 2.45) is 5.92 Å². The zero-order valence-corrected chi connectivity index (χ0v) is 18.6. The van der Waals surface area contributed by atoms with Crippen molar-refractivity contribution < 1.29 is 9.59 Å². The molecular weight excluding hydrogens is 386 g/mol. The number of fused-ring (bicyclic) bond motifs is 6. The number of para-hydroxylation sites is 2. The molecule has 0 saturated heterocycles. The molecule has 1 aromatic heterocycles. The predicted octanol–water partition coefficient (Wildman–Crippen LogP) is 4.60. The standard InChI is InChI=1S/C26H29N3O2/c1-5-17(4)24(30)28-15-14-19-18-10-6-8-12-21(18)27-23(19)26(28)20-11-7-9-13-22(20)29(16(2)3)25(26)31/h6-13,16-17,27H,5,14-15H2,1-4H3/t17-,26-/m0/s1. The molecule has 0 aliphatic carbocycles. The Morgan fingerprint density at radius 3 is 2.55 bits per heavy atom. The van der Waals surface area contributed by atoms with Gasteiger partial charge in [0.25, 0.3) is 5.91 Å². The molecule has 0 bridgehead atoms. The number of rotatable bonds is 3. The number of hydrogen-bond acceptors (Lipinski definition) is 2. The summed E-state index contributed by atoms with van der Waals surface area (Å²) in [5.74, 6) is -0.135. The van der Waals surface area contributed by atoms with Crippen molar-refractivity contribution >= 4 is 28.4 Å². The first-order valence-corrected chi connectivity index (χ1v) is 11.3. The molecule has 0 saturated carbocycles. The van der Waals surface area contributed by atoms with Crippen molar-refractivity contribution in [2.75, 3.05) is 11.4 Å². The molecule has 2 aliphatic rings. The van der Waals surface area contributed by atoms with Gasteiger partial charge >= 0.3 is 0 Å². The van der Waals surface area contributed by atoms with Crippen LogP contribution in [0, 0.1) is 5.92 Å². The average Bonchev–Trinajstić information content (AvgIpc) is 3.28. The number of H-pyrrole nitrogens is 1. The van der Waals surface area contributed by atoms with Crippen molar-refractivity contribution in [1.29, 1.82) is 0 Å². The Kier molecular flexibility index (Phi) is 4.47. The van der Waals surface area contributed by atoms with Crippen LogP contribution in [0.5, 0.6) is 0 Å². The van der Waals surface area contributed by atoms with E-state index < -0.39 is 5.54 Å². The molecule has 0 fully saturated rings. The van der Waals surface area contributed by atoms with Gasteiger partial charge in [-0.15, -0.1) is 0 Å². The third-order valence-corrected chi connectivity index (χ3v) is 7.06. The lowest BCUT2D eigenvalue weighted by Crippen LogP contribution is -2.60. The van der Waals surface area contributed by atoms with Crippen LogP contribution in [-0.4, -0.2) is 34.3 Å². The van der Waals surface area contributed by atoms with E-state index in [0.717, 1.165) is 46.3 Å². The molecule has 160 valence electrons. The topological polar surface area (TPSA) is 56.4 Å². The molecule has 1 N–H and O–H groups in total. The second kappa shape index (κ2) is 6.98. The zero-order valence-electron chi connectivity index (χ0n) is 18.6. The van der Waals surface area contributed by atoms with E-state index in [2.05, 4.69) is 11.1 Å². The summed E-state index contributed by atoms with van der Waals surface area (Å²) in [6, 6.07) is 16.1. The zero-order chi connectivity index (χ0) is 21.9. The van der Waals surface area contributed by atoms with Gasteiger partial charge in [0.2, 0.25) is 5.91 Å². The number of aromatic amines is 1. The smallest absolute Gasteiger partial charge is 0.264 e. The maximum Gasteiger partial charge on any atom is 0.264 e. The Morgan fingerprint density at radius 2 is 1.81 bits per heavy atom. The number of hydrogen-bond donors (Lipinski definition) is 1. The van der Waals surface area contributed by atoms with Gasteiger partial charge in [-0.2, -0.15) is 0 Å². The first-order valence-electron chi connectivity index (χ1n) is 11.3. The summed E-state index contributed by atoms with van der Waals surface area (Å²) in [6.07, 6.45) is 1.48. The molecule has 5 rings (SSSR count). The minimum Gasteiger partial charge on any atom is -0.355 e. The number of nitrogens with one attached hydrogen (secondary N) is 1. The van der Waals surface area contributed by atoms with Gasteiger partial charge in [0, 0.05) is 35.0 Å². The normalized spacial score (nSPS) is 21.1. The van der Waals surface area contributed by atoms with Gasteiger partial charge < -0.3 is 14.8 Å². The average molecular weight is 416 g/mol. The molecule has 0 unspecified atom stereocenters. The summed E-state index contributed by atoms with van der Waals surface area (Å²) in [4.78, 5) is 35.4. The fourth-order valence-electron chi connectivity index (χ4n) is 5.41. The molecule has 2 amide bonds. The van der Waals surface area contributed by atoms with Gasteiger partial charge in [0.1, 0.15) is 0 Å². The summed E-state index contributed by atoms with van der Waals surface area (Å²) < 4.78 is 0. The lowest BCUT2D eigenvalue weighted by Gasteiger charge is -2.44. The van der Waals surface area contributed by atoms with Crippen LogP contribution in [0.25, 0.3) is 10.9 Å². The molecule has 1 spiro atoms.